The quantitative estimate of drug-likeness (QED) is 0.642. The van der Waals surface area contributed by atoms with E-state index in [-0.39, 0.29) is 6.10 Å². The lowest BCUT2D eigenvalue weighted by Crippen LogP contribution is -2.43. The normalized spacial score (nSPS) is 26.7. The van der Waals surface area contributed by atoms with Gasteiger partial charge in [-0.2, -0.15) is 11.8 Å². The molecule has 0 bridgehead atoms. The van der Waals surface area contributed by atoms with Crippen LogP contribution in [-0.4, -0.2) is 42.7 Å². The van der Waals surface area contributed by atoms with E-state index >= 15 is 0 Å². The molecule has 3 rings (SSSR count). The van der Waals surface area contributed by atoms with E-state index in [0.717, 1.165) is 29.9 Å². The van der Waals surface area contributed by atoms with E-state index in [0.29, 0.717) is 12.6 Å². The molecule has 4 nitrogen and oxygen atoms in total. The van der Waals surface area contributed by atoms with E-state index in [9.17, 15) is 0 Å². The highest BCUT2D eigenvalue weighted by Crippen LogP contribution is 2.29. The number of nitrogens with one attached hydrogen (secondary N) is 2. The molecule has 0 saturated heterocycles. The van der Waals surface area contributed by atoms with E-state index in [2.05, 4.69) is 35.9 Å². The van der Waals surface area contributed by atoms with E-state index in [1.807, 2.05) is 23.9 Å². The molecule has 5 heteroatoms. The maximum absolute atomic E-state index is 5.97. The Kier molecular flexibility index (Phi) is 5.70. The summed E-state index contributed by atoms with van der Waals surface area (Å²) in [4.78, 5) is 4.76. The third-order valence-electron chi connectivity index (χ3n) is 4.57. The summed E-state index contributed by atoms with van der Waals surface area (Å²) in [6, 6.07) is 8.83. The van der Waals surface area contributed by atoms with Crippen molar-refractivity contribution >= 4 is 17.7 Å². The number of guanidine groups is 1. The van der Waals surface area contributed by atoms with E-state index < -0.39 is 0 Å². The van der Waals surface area contributed by atoms with Crippen molar-refractivity contribution in [2.75, 3.05) is 19.3 Å². The fourth-order valence-electron chi connectivity index (χ4n) is 3.35. The SMILES string of the molecule is CCNC(=NCC1Cc2ccccc2O1)NC1CCC(SC)C1. The van der Waals surface area contributed by atoms with Crippen LogP contribution in [0, 0.1) is 0 Å². The Bertz CT molecular complexity index is 524. The highest BCUT2D eigenvalue weighted by molar-refractivity contribution is 7.99. The zero-order valence-electron chi connectivity index (χ0n) is 14.0. The fourth-order valence-corrected chi connectivity index (χ4v) is 4.14. The molecule has 1 fully saturated rings. The monoisotopic (exact) mass is 333 g/mol. The average molecular weight is 334 g/mol. The molecule has 0 radical (unpaired) electrons. The van der Waals surface area contributed by atoms with Crippen molar-refractivity contribution in [3.05, 3.63) is 29.8 Å². The molecule has 126 valence electrons. The van der Waals surface area contributed by atoms with E-state index in [1.165, 1.54) is 24.8 Å². The summed E-state index contributed by atoms with van der Waals surface area (Å²) in [7, 11) is 0. The molecule has 1 heterocycles. The summed E-state index contributed by atoms with van der Waals surface area (Å²) in [6.07, 6.45) is 7.10. The van der Waals surface area contributed by atoms with Crippen molar-refractivity contribution < 1.29 is 4.74 Å². The summed E-state index contributed by atoms with van der Waals surface area (Å²) < 4.78 is 5.97. The third kappa shape index (κ3) is 4.34. The second kappa shape index (κ2) is 7.95. The first-order chi connectivity index (χ1) is 11.3. The van der Waals surface area contributed by atoms with Crippen molar-refractivity contribution in [3.8, 4) is 5.75 Å². The van der Waals surface area contributed by atoms with Gasteiger partial charge in [-0.15, -0.1) is 0 Å². The van der Waals surface area contributed by atoms with Crippen LogP contribution in [0.4, 0.5) is 0 Å². The fraction of sp³-hybridized carbons (Fsp3) is 0.611. The van der Waals surface area contributed by atoms with Crippen LogP contribution in [0.5, 0.6) is 5.75 Å². The van der Waals surface area contributed by atoms with Crippen molar-refractivity contribution in [1.82, 2.24) is 10.6 Å². The number of hydrogen-bond acceptors (Lipinski definition) is 3. The predicted molar refractivity (Wildman–Crippen MR) is 98.6 cm³/mol. The minimum absolute atomic E-state index is 0.158. The molecule has 1 aromatic rings. The van der Waals surface area contributed by atoms with Crippen molar-refractivity contribution in [2.45, 2.75) is 50.0 Å². The van der Waals surface area contributed by atoms with Crippen LogP contribution in [0.2, 0.25) is 0 Å². The Labute approximate surface area is 143 Å². The summed E-state index contributed by atoms with van der Waals surface area (Å²) in [6.45, 7) is 3.69. The molecule has 23 heavy (non-hydrogen) atoms. The maximum atomic E-state index is 5.97. The lowest BCUT2D eigenvalue weighted by molar-refractivity contribution is 0.241. The molecule has 0 aromatic heterocycles. The van der Waals surface area contributed by atoms with Gasteiger partial charge in [0.25, 0.3) is 0 Å². The zero-order valence-corrected chi connectivity index (χ0v) is 14.9. The molecular formula is C18H27N3OS. The van der Waals surface area contributed by atoms with Gasteiger partial charge in [0, 0.05) is 24.3 Å². The molecule has 0 amide bonds. The summed E-state index contributed by atoms with van der Waals surface area (Å²) in [5.74, 6) is 1.95. The Balaban J connectivity index is 1.53. The molecule has 2 N–H and O–H groups in total. The Morgan fingerprint density at radius 2 is 2.22 bits per heavy atom. The molecule has 0 spiro atoms. The number of fused-ring (bicyclic) bond motifs is 1. The summed E-state index contributed by atoms with van der Waals surface area (Å²) >= 11 is 1.98. The van der Waals surface area contributed by atoms with Gasteiger partial charge in [-0.05, 0) is 44.1 Å². The number of aliphatic imine (C=N–C) groups is 1. The maximum Gasteiger partial charge on any atom is 0.191 e. The van der Waals surface area contributed by atoms with Crippen LogP contribution >= 0.6 is 11.8 Å². The first-order valence-electron chi connectivity index (χ1n) is 8.60. The second-order valence-electron chi connectivity index (χ2n) is 6.28. The largest absolute Gasteiger partial charge is 0.488 e. The van der Waals surface area contributed by atoms with Gasteiger partial charge in [0.2, 0.25) is 0 Å². The number of thioether (sulfide) groups is 1. The molecule has 1 saturated carbocycles. The van der Waals surface area contributed by atoms with Gasteiger partial charge in [0.05, 0.1) is 6.54 Å². The average Bonchev–Trinajstić information content (AvgIpc) is 3.18. The molecular weight excluding hydrogens is 306 g/mol. The lowest BCUT2D eigenvalue weighted by Gasteiger charge is -2.18. The molecule has 3 atom stereocenters. The van der Waals surface area contributed by atoms with Gasteiger partial charge in [0.1, 0.15) is 11.9 Å². The standard InChI is InChI=1S/C18H27N3OS/c1-3-19-18(21-14-8-9-16(11-14)23-2)20-12-15-10-13-6-4-5-7-17(13)22-15/h4-7,14-16H,3,8-12H2,1-2H3,(H2,19,20,21). The topological polar surface area (TPSA) is 45.7 Å². The number of benzene rings is 1. The van der Waals surface area contributed by atoms with Crippen LogP contribution in [0.25, 0.3) is 0 Å². The van der Waals surface area contributed by atoms with Crippen LogP contribution < -0.4 is 15.4 Å². The molecule has 1 aliphatic carbocycles. The minimum atomic E-state index is 0.158. The van der Waals surface area contributed by atoms with Crippen LogP contribution in [-0.2, 0) is 6.42 Å². The van der Waals surface area contributed by atoms with Gasteiger partial charge >= 0.3 is 0 Å². The number of hydrogen-bond donors (Lipinski definition) is 2. The predicted octanol–water partition coefficient (Wildman–Crippen LogP) is 2.83. The molecule has 1 aliphatic heterocycles. The third-order valence-corrected chi connectivity index (χ3v) is 5.66. The molecule has 3 unspecified atom stereocenters. The summed E-state index contributed by atoms with van der Waals surface area (Å²) in [5, 5.41) is 7.75. The lowest BCUT2D eigenvalue weighted by atomic mass is 10.1. The number of ether oxygens (including phenoxy) is 1. The Morgan fingerprint density at radius 1 is 1.35 bits per heavy atom. The van der Waals surface area contributed by atoms with Gasteiger partial charge in [-0.25, -0.2) is 4.99 Å². The van der Waals surface area contributed by atoms with Gasteiger partial charge < -0.3 is 15.4 Å². The summed E-state index contributed by atoms with van der Waals surface area (Å²) in [5.41, 5.74) is 1.30. The van der Waals surface area contributed by atoms with Crippen molar-refractivity contribution in [1.29, 1.82) is 0 Å². The molecule has 1 aromatic carbocycles. The highest BCUT2D eigenvalue weighted by atomic mass is 32.2. The first-order valence-corrected chi connectivity index (χ1v) is 9.89. The Morgan fingerprint density at radius 3 is 2.96 bits per heavy atom. The van der Waals surface area contributed by atoms with Crippen molar-refractivity contribution in [3.63, 3.8) is 0 Å². The van der Waals surface area contributed by atoms with E-state index in [4.69, 9.17) is 9.73 Å². The molecule has 2 aliphatic rings. The van der Waals surface area contributed by atoms with Crippen molar-refractivity contribution in [2.24, 2.45) is 4.99 Å². The van der Waals surface area contributed by atoms with Crippen LogP contribution in [0.3, 0.4) is 0 Å². The van der Waals surface area contributed by atoms with Crippen LogP contribution in [0.1, 0.15) is 31.7 Å². The Hall–Kier alpha value is -1.36. The van der Waals surface area contributed by atoms with Gasteiger partial charge in [0.15, 0.2) is 5.96 Å². The highest BCUT2D eigenvalue weighted by Gasteiger charge is 2.25. The zero-order chi connectivity index (χ0) is 16.1. The van der Waals surface area contributed by atoms with Gasteiger partial charge in [-0.3, -0.25) is 0 Å². The number of para-hydroxylation sites is 1. The minimum Gasteiger partial charge on any atom is -0.488 e. The number of nitrogens with zero attached hydrogens (tertiary/aromatic N) is 1. The van der Waals surface area contributed by atoms with Gasteiger partial charge in [-0.1, -0.05) is 18.2 Å². The number of rotatable bonds is 5. The van der Waals surface area contributed by atoms with Crippen LogP contribution in [0.15, 0.2) is 29.3 Å². The first kappa shape index (κ1) is 16.5. The van der Waals surface area contributed by atoms with E-state index in [1.54, 1.807) is 0 Å². The second-order valence-corrected chi connectivity index (χ2v) is 7.42. The smallest absolute Gasteiger partial charge is 0.191 e.